The van der Waals surface area contributed by atoms with E-state index in [1.54, 1.807) is 6.92 Å². The Hall–Kier alpha value is -1.44. The molecule has 0 aliphatic rings. The molecule has 0 aromatic carbocycles. The molecule has 0 fully saturated rings. The highest BCUT2D eigenvalue weighted by Gasteiger charge is 2.23. The molecule has 3 N–H and O–H groups in total. The number of carbonyl (C=O) groups excluding carboxylic acids is 2. The number of carboxylic acids is 1. The number of hydrogen-bond donors (Lipinski definition) is 3. The molecule has 16 heavy (non-hydrogen) atoms. The molecule has 0 rings (SSSR count). The second-order valence-electron chi connectivity index (χ2n) is 2.91. The van der Waals surface area contributed by atoms with Gasteiger partial charge in [-0.05, 0) is 13.8 Å². The van der Waals surface area contributed by atoms with Gasteiger partial charge in [0.15, 0.2) is 0 Å². The molecule has 3 amide bonds. The smallest absolute Gasteiger partial charge is 0.321 e. The van der Waals surface area contributed by atoms with E-state index in [9.17, 15) is 18.6 Å². The van der Waals surface area contributed by atoms with Gasteiger partial charge in [0.1, 0.15) is 11.0 Å². The summed E-state index contributed by atoms with van der Waals surface area (Å²) in [5, 5.41) is 11.6. The maximum absolute atomic E-state index is 11.3. The molecule has 0 radical (unpaired) electrons. The van der Waals surface area contributed by atoms with Crippen LogP contribution in [0.3, 0.4) is 0 Å². The van der Waals surface area contributed by atoms with Crippen LogP contribution in [0.25, 0.3) is 0 Å². The highest BCUT2D eigenvalue weighted by molar-refractivity contribution is 7.87. The average molecular weight is 250 g/mol. The third kappa shape index (κ3) is 5.44. The number of carboxylic acid groups (broad SMARTS) is 1. The summed E-state index contributed by atoms with van der Waals surface area (Å²) in [7, 11) is -1.84. The van der Waals surface area contributed by atoms with Crippen molar-refractivity contribution in [3.8, 4) is 0 Å². The SMILES string of the molecule is CCNC(=O)NC(=O)C(C)S(=O)CC(=O)O. The van der Waals surface area contributed by atoms with E-state index in [1.807, 2.05) is 5.32 Å². The molecule has 0 saturated carbocycles. The Labute approximate surface area is 95.0 Å². The Morgan fingerprint density at radius 1 is 1.38 bits per heavy atom. The fraction of sp³-hybridized carbons (Fsp3) is 0.625. The van der Waals surface area contributed by atoms with Crippen molar-refractivity contribution < 1.29 is 23.7 Å². The second kappa shape index (κ2) is 6.94. The minimum Gasteiger partial charge on any atom is -0.481 e. The normalized spacial score (nSPS) is 13.6. The summed E-state index contributed by atoms with van der Waals surface area (Å²) in [5.41, 5.74) is 0. The maximum Gasteiger partial charge on any atom is 0.321 e. The lowest BCUT2D eigenvalue weighted by Gasteiger charge is -2.10. The van der Waals surface area contributed by atoms with Crippen molar-refractivity contribution in [1.29, 1.82) is 0 Å². The summed E-state index contributed by atoms with van der Waals surface area (Å²) in [5.74, 6) is -2.63. The van der Waals surface area contributed by atoms with E-state index >= 15 is 0 Å². The van der Waals surface area contributed by atoms with Gasteiger partial charge in [-0.25, -0.2) is 4.79 Å². The van der Waals surface area contributed by atoms with Crippen molar-refractivity contribution in [2.45, 2.75) is 19.1 Å². The van der Waals surface area contributed by atoms with Gasteiger partial charge < -0.3 is 10.4 Å². The number of hydrogen-bond acceptors (Lipinski definition) is 4. The van der Waals surface area contributed by atoms with Crippen LogP contribution in [0.1, 0.15) is 13.8 Å². The van der Waals surface area contributed by atoms with Crippen molar-refractivity contribution in [2.75, 3.05) is 12.3 Å². The molecule has 2 unspecified atom stereocenters. The highest BCUT2D eigenvalue weighted by atomic mass is 32.2. The Balaban J connectivity index is 4.22. The number of urea groups is 1. The predicted molar refractivity (Wildman–Crippen MR) is 57.3 cm³/mol. The largest absolute Gasteiger partial charge is 0.481 e. The van der Waals surface area contributed by atoms with E-state index < -0.39 is 39.7 Å². The first-order valence-electron chi connectivity index (χ1n) is 4.56. The van der Waals surface area contributed by atoms with Gasteiger partial charge in [0.05, 0.1) is 0 Å². The van der Waals surface area contributed by atoms with Crippen LogP contribution in [-0.4, -0.2) is 44.8 Å². The molecule has 2 atom stereocenters. The van der Waals surface area contributed by atoms with E-state index in [4.69, 9.17) is 5.11 Å². The second-order valence-corrected chi connectivity index (χ2v) is 4.67. The van der Waals surface area contributed by atoms with Gasteiger partial charge in [-0.3, -0.25) is 19.1 Å². The maximum atomic E-state index is 11.3. The summed E-state index contributed by atoms with van der Waals surface area (Å²) in [4.78, 5) is 32.5. The quantitative estimate of drug-likeness (QED) is 0.582. The molecule has 0 aliphatic carbocycles. The zero-order valence-corrected chi connectivity index (χ0v) is 9.80. The van der Waals surface area contributed by atoms with E-state index in [2.05, 4.69) is 5.32 Å². The van der Waals surface area contributed by atoms with Crippen molar-refractivity contribution in [1.82, 2.24) is 10.6 Å². The fourth-order valence-electron chi connectivity index (χ4n) is 0.784. The third-order valence-electron chi connectivity index (χ3n) is 1.60. The fourth-order valence-corrected chi connectivity index (χ4v) is 1.58. The lowest BCUT2D eigenvalue weighted by molar-refractivity contribution is -0.134. The summed E-state index contributed by atoms with van der Waals surface area (Å²) in [6.45, 7) is 3.33. The van der Waals surface area contributed by atoms with Gasteiger partial charge >= 0.3 is 12.0 Å². The minimum absolute atomic E-state index is 0.353. The summed E-state index contributed by atoms with van der Waals surface area (Å²) >= 11 is 0. The Morgan fingerprint density at radius 2 is 1.94 bits per heavy atom. The topological polar surface area (TPSA) is 113 Å². The Kier molecular flexibility index (Phi) is 6.31. The van der Waals surface area contributed by atoms with Crippen LogP contribution in [0, 0.1) is 0 Å². The molecule has 0 heterocycles. The van der Waals surface area contributed by atoms with Crippen LogP contribution >= 0.6 is 0 Å². The Bertz CT molecular complexity index is 318. The first-order chi connectivity index (χ1) is 7.38. The lowest BCUT2D eigenvalue weighted by Crippen LogP contribution is -2.45. The highest BCUT2D eigenvalue weighted by Crippen LogP contribution is 1.96. The van der Waals surface area contributed by atoms with E-state index in [-0.39, 0.29) is 0 Å². The molecule has 0 aromatic heterocycles. The predicted octanol–water partition coefficient (Wildman–Crippen LogP) is -0.946. The van der Waals surface area contributed by atoms with Crippen LogP contribution in [0.4, 0.5) is 4.79 Å². The van der Waals surface area contributed by atoms with E-state index in [0.717, 1.165) is 0 Å². The monoisotopic (exact) mass is 250 g/mol. The lowest BCUT2D eigenvalue weighted by atomic mass is 10.4. The number of amides is 3. The average Bonchev–Trinajstić information content (AvgIpc) is 2.15. The molecule has 0 saturated heterocycles. The van der Waals surface area contributed by atoms with Crippen molar-refractivity contribution in [3.05, 3.63) is 0 Å². The van der Waals surface area contributed by atoms with Gasteiger partial charge in [0.2, 0.25) is 5.91 Å². The van der Waals surface area contributed by atoms with Crippen molar-refractivity contribution in [2.24, 2.45) is 0 Å². The minimum atomic E-state index is -1.84. The molecule has 0 aliphatic heterocycles. The number of carbonyl (C=O) groups is 3. The van der Waals surface area contributed by atoms with Gasteiger partial charge in [-0.2, -0.15) is 0 Å². The molecule has 7 nitrogen and oxygen atoms in total. The number of nitrogens with one attached hydrogen (secondary N) is 2. The standard InChI is InChI=1S/C8H14N2O5S/c1-3-9-8(14)10-7(13)5(2)16(15)4-6(11)12/h5H,3-4H2,1-2H3,(H,11,12)(H2,9,10,13,14). The molecular formula is C8H14N2O5S. The zero-order chi connectivity index (χ0) is 12.7. The van der Waals surface area contributed by atoms with Gasteiger partial charge in [0.25, 0.3) is 0 Å². The van der Waals surface area contributed by atoms with Gasteiger partial charge in [-0.1, -0.05) is 0 Å². The van der Waals surface area contributed by atoms with Crippen LogP contribution < -0.4 is 10.6 Å². The number of rotatable bonds is 5. The molecule has 92 valence electrons. The van der Waals surface area contributed by atoms with Crippen LogP contribution in [0.15, 0.2) is 0 Å². The van der Waals surface area contributed by atoms with Crippen LogP contribution in [0.2, 0.25) is 0 Å². The van der Waals surface area contributed by atoms with E-state index in [0.29, 0.717) is 6.54 Å². The van der Waals surface area contributed by atoms with Crippen molar-refractivity contribution in [3.63, 3.8) is 0 Å². The molecule has 0 bridgehead atoms. The summed E-state index contributed by atoms with van der Waals surface area (Å²) in [6.07, 6.45) is 0. The number of aliphatic carboxylic acids is 1. The molecule has 0 aromatic rings. The van der Waals surface area contributed by atoms with Crippen LogP contribution in [0.5, 0.6) is 0 Å². The first kappa shape index (κ1) is 14.6. The van der Waals surface area contributed by atoms with E-state index in [1.165, 1.54) is 6.92 Å². The number of imide groups is 1. The zero-order valence-electron chi connectivity index (χ0n) is 8.98. The summed E-state index contributed by atoms with van der Waals surface area (Å²) in [6, 6.07) is -0.688. The van der Waals surface area contributed by atoms with Gasteiger partial charge in [0, 0.05) is 17.3 Å². The molecular weight excluding hydrogens is 236 g/mol. The van der Waals surface area contributed by atoms with Gasteiger partial charge in [-0.15, -0.1) is 0 Å². The van der Waals surface area contributed by atoms with Crippen LogP contribution in [-0.2, 0) is 20.4 Å². The van der Waals surface area contributed by atoms with Crippen molar-refractivity contribution >= 4 is 28.7 Å². The third-order valence-corrected chi connectivity index (χ3v) is 3.14. The molecule has 0 spiro atoms. The Morgan fingerprint density at radius 3 is 2.38 bits per heavy atom. The first-order valence-corrected chi connectivity index (χ1v) is 5.94. The molecule has 8 heteroatoms. The summed E-state index contributed by atoms with van der Waals surface area (Å²) < 4.78 is 11.3.